The van der Waals surface area contributed by atoms with E-state index in [2.05, 4.69) is 4.72 Å². The molecule has 0 atom stereocenters. The second kappa shape index (κ2) is 8.47. The summed E-state index contributed by atoms with van der Waals surface area (Å²) >= 11 is 5.78. The van der Waals surface area contributed by atoms with Crippen molar-refractivity contribution >= 4 is 27.6 Å². The molecular weight excluding hydrogens is 362 g/mol. The van der Waals surface area contributed by atoms with Crippen LogP contribution in [0.2, 0.25) is 5.02 Å². The van der Waals surface area contributed by atoms with Crippen LogP contribution in [-0.4, -0.2) is 20.9 Å². The number of rotatable bonds is 7. The molecule has 0 aromatic heterocycles. The Hall–Kier alpha value is -1.89. The number of ether oxygens (including phenoxy) is 1. The van der Waals surface area contributed by atoms with Crippen LogP contribution in [0.4, 0.5) is 0 Å². The third-order valence-electron chi connectivity index (χ3n) is 3.72. The van der Waals surface area contributed by atoms with Crippen LogP contribution in [-0.2, 0) is 26.2 Å². The molecule has 0 spiro atoms. The molecule has 0 amide bonds. The van der Waals surface area contributed by atoms with E-state index >= 15 is 0 Å². The molecule has 0 radical (unpaired) electrons. The van der Waals surface area contributed by atoms with Gasteiger partial charge in [0.15, 0.2) is 0 Å². The minimum atomic E-state index is -3.64. The van der Waals surface area contributed by atoms with Crippen LogP contribution in [0.15, 0.2) is 47.4 Å². The summed E-state index contributed by atoms with van der Waals surface area (Å²) in [6.45, 7) is 3.87. The van der Waals surface area contributed by atoms with Gasteiger partial charge in [0.25, 0.3) is 0 Å². The molecule has 134 valence electrons. The number of benzene rings is 2. The maximum absolute atomic E-state index is 12.2. The normalized spacial score (nSPS) is 11.3. The lowest BCUT2D eigenvalue weighted by Crippen LogP contribution is -2.26. The van der Waals surface area contributed by atoms with Crippen molar-refractivity contribution in [3.8, 4) is 0 Å². The van der Waals surface area contributed by atoms with Gasteiger partial charge in [0.1, 0.15) is 6.61 Å². The van der Waals surface area contributed by atoms with Crippen molar-refractivity contribution < 1.29 is 17.9 Å². The van der Waals surface area contributed by atoms with Crippen molar-refractivity contribution in [1.29, 1.82) is 0 Å². The Morgan fingerprint density at radius 1 is 1.08 bits per heavy atom. The van der Waals surface area contributed by atoms with E-state index in [0.717, 1.165) is 16.7 Å². The topological polar surface area (TPSA) is 72.5 Å². The first kappa shape index (κ1) is 19.4. The highest BCUT2D eigenvalue weighted by molar-refractivity contribution is 7.89. The van der Waals surface area contributed by atoms with Gasteiger partial charge in [0.05, 0.1) is 11.3 Å². The van der Waals surface area contributed by atoms with Gasteiger partial charge in [-0.1, -0.05) is 29.8 Å². The van der Waals surface area contributed by atoms with Crippen molar-refractivity contribution in [1.82, 2.24) is 4.72 Å². The average Bonchev–Trinajstić information content (AvgIpc) is 2.56. The highest BCUT2D eigenvalue weighted by Crippen LogP contribution is 2.14. The molecule has 0 aliphatic rings. The van der Waals surface area contributed by atoms with Crippen molar-refractivity contribution in [2.45, 2.75) is 31.8 Å². The molecule has 0 saturated heterocycles. The number of carbonyl (C=O) groups excluding carboxylic acids is 1. The minimum Gasteiger partial charge on any atom is -0.461 e. The first-order valence-electron chi connectivity index (χ1n) is 7.75. The molecule has 25 heavy (non-hydrogen) atoms. The number of hydrogen-bond donors (Lipinski definition) is 1. The van der Waals surface area contributed by atoms with Gasteiger partial charge in [-0.15, -0.1) is 0 Å². The molecular formula is C18H20ClNO4S. The molecule has 0 aliphatic heterocycles. The molecule has 2 aromatic carbocycles. The number of aryl methyl sites for hydroxylation is 2. The van der Waals surface area contributed by atoms with E-state index in [9.17, 15) is 13.2 Å². The van der Waals surface area contributed by atoms with Crippen LogP contribution in [0.5, 0.6) is 0 Å². The van der Waals surface area contributed by atoms with Gasteiger partial charge in [-0.25, -0.2) is 13.1 Å². The van der Waals surface area contributed by atoms with Gasteiger partial charge in [-0.2, -0.15) is 0 Å². The fraction of sp³-hybridized carbons (Fsp3) is 0.278. The summed E-state index contributed by atoms with van der Waals surface area (Å²) in [5.41, 5.74) is 2.73. The molecule has 2 rings (SSSR count). The Kier molecular flexibility index (Phi) is 6.58. The molecule has 0 unspecified atom stereocenters. The van der Waals surface area contributed by atoms with Crippen LogP contribution >= 0.6 is 11.6 Å². The fourth-order valence-corrected chi connectivity index (χ4v) is 3.31. The van der Waals surface area contributed by atoms with E-state index in [-0.39, 0.29) is 24.5 Å². The quantitative estimate of drug-likeness (QED) is 0.746. The summed E-state index contributed by atoms with van der Waals surface area (Å²) in [6.07, 6.45) is -0.0440. The summed E-state index contributed by atoms with van der Waals surface area (Å²) in [5, 5.41) is 0.607. The Balaban J connectivity index is 1.81. The predicted molar refractivity (Wildman–Crippen MR) is 97.0 cm³/mol. The number of sulfonamides is 1. The van der Waals surface area contributed by atoms with Crippen LogP contribution in [0.25, 0.3) is 0 Å². The lowest BCUT2D eigenvalue weighted by atomic mass is 10.1. The zero-order valence-corrected chi connectivity index (χ0v) is 15.7. The Bertz CT molecular complexity index is 848. The molecule has 5 nitrogen and oxygen atoms in total. The molecule has 0 fully saturated rings. The minimum absolute atomic E-state index is 0.0191. The first-order valence-corrected chi connectivity index (χ1v) is 9.61. The number of esters is 1. The molecule has 0 saturated carbocycles. The Labute approximate surface area is 153 Å². The monoisotopic (exact) mass is 381 g/mol. The van der Waals surface area contributed by atoms with Crippen molar-refractivity contribution in [3.63, 3.8) is 0 Å². The van der Waals surface area contributed by atoms with Crippen molar-refractivity contribution in [2.24, 2.45) is 0 Å². The highest BCUT2D eigenvalue weighted by atomic mass is 35.5. The molecule has 0 heterocycles. The molecule has 0 aliphatic carbocycles. The third kappa shape index (κ3) is 5.85. The van der Waals surface area contributed by atoms with E-state index in [1.165, 1.54) is 0 Å². The van der Waals surface area contributed by atoms with Gasteiger partial charge >= 0.3 is 5.97 Å². The SMILES string of the molecule is Cc1ccc(S(=O)(=O)NCCC(=O)OCc2ccc(Cl)cc2)cc1C. The third-order valence-corrected chi connectivity index (χ3v) is 5.43. The lowest BCUT2D eigenvalue weighted by molar-refractivity contribution is -0.144. The number of halogens is 1. The molecule has 1 N–H and O–H groups in total. The predicted octanol–water partition coefficient (Wildman–Crippen LogP) is 3.37. The molecule has 0 bridgehead atoms. The highest BCUT2D eigenvalue weighted by Gasteiger charge is 2.15. The fourth-order valence-electron chi connectivity index (χ4n) is 2.07. The van der Waals surface area contributed by atoms with E-state index in [1.54, 1.807) is 42.5 Å². The zero-order valence-electron chi connectivity index (χ0n) is 14.1. The van der Waals surface area contributed by atoms with Crippen LogP contribution in [0.3, 0.4) is 0 Å². The van der Waals surface area contributed by atoms with E-state index < -0.39 is 16.0 Å². The number of nitrogens with one attached hydrogen (secondary N) is 1. The van der Waals surface area contributed by atoms with Crippen molar-refractivity contribution in [3.05, 3.63) is 64.2 Å². The Morgan fingerprint density at radius 2 is 1.76 bits per heavy atom. The van der Waals surface area contributed by atoms with Gasteiger partial charge in [0, 0.05) is 11.6 Å². The maximum atomic E-state index is 12.2. The Morgan fingerprint density at radius 3 is 2.40 bits per heavy atom. The zero-order chi connectivity index (χ0) is 18.4. The van der Waals surface area contributed by atoms with Gasteiger partial charge in [-0.05, 0) is 54.8 Å². The van der Waals surface area contributed by atoms with Gasteiger partial charge in [-0.3, -0.25) is 4.79 Å². The van der Waals surface area contributed by atoms with Gasteiger partial charge < -0.3 is 4.74 Å². The summed E-state index contributed by atoms with van der Waals surface area (Å²) in [4.78, 5) is 11.9. The van der Waals surface area contributed by atoms with E-state index in [1.807, 2.05) is 13.8 Å². The summed E-state index contributed by atoms with van der Waals surface area (Å²) in [7, 11) is -3.64. The smallest absolute Gasteiger partial charge is 0.307 e. The lowest BCUT2D eigenvalue weighted by Gasteiger charge is -2.09. The van der Waals surface area contributed by atoms with Crippen LogP contribution in [0, 0.1) is 13.8 Å². The molecule has 7 heteroatoms. The van der Waals surface area contributed by atoms with E-state index in [0.29, 0.717) is 5.02 Å². The summed E-state index contributed by atoms with van der Waals surface area (Å²) in [6, 6.07) is 11.9. The number of carbonyl (C=O) groups is 1. The number of hydrogen-bond acceptors (Lipinski definition) is 4. The average molecular weight is 382 g/mol. The van der Waals surface area contributed by atoms with Crippen LogP contribution < -0.4 is 4.72 Å². The second-order valence-electron chi connectivity index (χ2n) is 5.68. The maximum Gasteiger partial charge on any atom is 0.307 e. The summed E-state index contributed by atoms with van der Waals surface area (Å²) < 4.78 is 31.9. The van der Waals surface area contributed by atoms with Gasteiger partial charge in [0.2, 0.25) is 10.0 Å². The second-order valence-corrected chi connectivity index (χ2v) is 7.88. The summed E-state index contributed by atoms with van der Waals surface area (Å²) in [5.74, 6) is -0.474. The van der Waals surface area contributed by atoms with Crippen LogP contribution in [0.1, 0.15) is 23.1 Å². The van der Waals surface area contributed by atoms with Crippen molar-refractivity contribution in [2.75, 3.05) is 6.54 Å². The first-order chi connectivity index (χ1) is 11.8. The molecule has 2 aromatic rings. The largest absolute Gasteiger partial charge is 0.461 e. The standard InChI is InChI=1S/C18H20ClNO4S/c1-13-3-8-17(11-14(13)2)25(22,23)20-10-9-18(21)24-12-15-4-6-16(19)7-5-15/h3-8,11,20H,9-10,12H2,1-2H3. The van der Waals surface area contributed by atoms with E-state index in [4.69, 9.17) is 16.3 Å².